The summed E-state index contributed by atoms with van der Waals surface area (Å²) < 4.78 is 5.08. The highest BCUT2D eigenvalue weighted by Crippen LogP contribution is 2.40. The molecule has 0 aromatic rings. The molecular formula is C22H28N4O6S. The van der Waals surface area contributed by atoms with Crippen molar-refractivity contribution in [2.45, 2.75) is 30.7 Å². The number of thioether (sulfide) groups is 1. The molecule has 0 radical (unpaired) electrons. The van der Waals surface area contributed by atoms with Crippen LogP contribution >= 0.6 is 11.8 Å². The van der Waals surface area contributed by atoms with Crippen molar-refractivity contribution >= 4 is 35.6 Å². The predicted octanol–water partition coefficient (Wildman–Crippen LogP) is 0.761. The van der Waals surface area contributed by atoms with Gasteiger partial charge in [0, 0.05) is 37.5 Å². The standard InChI is InChI=1S/C22H28N4O6S/c1-2-9-32-22(31)24-6-3-13(4-7-24)11-25-8-5-14(18(25)27)10-15-12-33-20-16(23)19(28)26(20)17(15)21(29)30/h2,10,13,16,20H,1,3-9,11-12,23H2,(H,29,30)/t16-,20-/m1/s1. The maximum Gasteiger partial charge on any atom is 0.410 e. The fourth-order valence-corrected chi connectivity index (χ4v) is 5.92. The Hall–Kier alpha value is -2.79. The number of amides is 3. The van der Waals surface area contributed by atoms with Gasteiger partial charge in [0.1, 0.15) is 23.7 Å². The molecule has 0 saturated carbocycles. The number of hydrogen-bond donors (Lipinski definition) is 2. The Morgan fingerprint density at radius 1 is 1.24 bits per heavy atom. The van der Waals surface area contributed by atoms with Crippen LogP contribution in [0.15, 0.2) is 35.6 Å². The molecule has 0 aliphatic carbocycles. The molecule has 4 rings (SSSR count). The van der Waals surface area contributed by atoms with E-state index in [0.717, 1.165) is 12.8 Å². The molecule has 11 heteroatoms. The zero-order chi connectivity index (χ0) is 23.7. The number of nitrogens with two attached hydrogens (primary N) is 1. The number of fused-ring (bicyclic) bond motifs is 1. The van der Waals surface area contributed by atoms with Crippen LogP contribution in [0.5, 0.6) is 0 Å². The van der Waals surface area contributed by atoms with Crippen molar-refractivity contribution in [3.8, 4) is 0 Å². The Kier molecular flexibility index (Phi) is 6.80. The van der Waals surface area contributed by atoms with E-state index in [2.05, 4.69) is 6.58 Å². The number of carboxylic acid groups (broad SMARTS) is 1. The van der Waals surface area contributed by atoms with E-state index in [-0.39, 0.29) is 35.6 Å². The molecular weight excluding hydrogens is 448 g/mol. The molecule has 3 N–H and O–H groups in total. The summed E-state index contributed by atoms with van der Waals surface area (Å²) in [6.07, 6.45) is 4.94. The van der Waals surface area contributed by atoms with Gasteiger partial charge < -0.3 is 25.4 Å². The summed E-state index contributed by atoms with van der Waals surface area (Å²) in [6.45, 7) is 6.08. The molecule has 0 unspecified atom stereocenters. The third-order valence-corrected chi connectivity index (χ3v) is 7.80. The number of carbonyl (C=O) groups is 4. The number of carbonyl (C=O) groups excluding carboxylic acids is 3. The lowest BCUT2D eigenvalue weighted by Gasteiger charge is -2.47. The van der Waals surface area contributed by atoms with Crippen LogP contribution in [-0.2, 0) is 19.1 Å². The van der Waals surface area contributed by atoms with Gasteiger partial charge in [-0.1, -0.05) is 12.7 Å². The van der Waals surface area contributed by atoms with Crippen molar-refractivity contribution in [3.63, 3.8) is 0 Å². The summed E-state index contributed by atoms with van der Waals surface area (Å²) >= 11 is 1.42. The average molecular weight is 477 g/mol. The van der Waals surface area contributed by atoms with Crippen molar-refractivity contribution < 1.29 is 29.0 Å². The number of rotatable bonds is 6. The number of aliphatic carboxylic acids is 1. The van der Waals surface area contributed by atoms with E-state index in [1.54, 1.807) is 15.9 Å². The van der Waals surface area contributed by atoms with Gasteiger partial charge in [0.15, 0.2) is 0 Å². The van der Waals surface area contributed by atoms with Crippen LogP contribution in [0.1, 0.15) is 19.3 Å². The lowest BCUT2D eigenvalue weighted by molar-refractivity contribution is -0.147. The van der Waals surface area contributed by atoms with Gasteiger partial charge in [-0.3, -0.25) is 14.5 Å². The quantitative estimate of drug-likeness (QED) is 0.326. The molecule has 0 spiro atoms. The fourth-order valence-electron chi connectivity index (χ4n) is 4.67. The second kappa shape index (κ2) is 9.60. The van der Waals surface area contributed by atoms with Crippen LogP contribution in [0.25, 0.3) is 0 Å². The SMILES string of the molecule is C=CCOC(=O)N1CCC(CN2CCC(=CC3=C(C(=O)O)N4C(=O)[C@@H](N)[C@H]4SC3)C2=O)CC1. The highest BCUT2D eigenvalue weighted by Gasteiger charge is 2.51. The van der Waals surface area contributed by atoms with E-state index in [1.165, 1.54) is 22.7 Å². The molecule has 4 aliphatic rings. The monoisotopic (exact) mass is 476 g/mol. The third-order valence-electron chi connectivity index (χ3n) is 6.48. The van der Waals surface area contributed by atoms with Crippen molar-refractivity contribution in [2.75, 3.05) is 38.5 Å². The summed E-state index contributed by atoms with van der Waals surface area (Å²) in [5.74, 6) is -1.01. The molecule has 3 saturated heterocycles. The predicted molar refractivity (Wildman–Crippen MR) is 121 cm³/mol. The molecule has 178 valence electrons. The second-order valence-electron chi connectivity index (χ2n) is 8.58. The maximum absolute atomic E-state index is 13.0. The summed E-state index contributed by atoms with van der Waals surface area (Å²) in [5.41, 5.74) is 6.75. The first-order valence-electron chi connectivity index (χ1n) is 11.0. The summed E-state index contributed by atoms with van der Waals surface area (Å²) in [4.78, 5) is 53.6. The summed E-state index contributed by atoms with van der Waals surface area (Å²) in [6, 6.07) is -0.683. The zero-order valence-corrected chi connectivity index (χ0v) is 19.1. The van der Waals surface area contributed by atoms with Gasteiger partial charge in [-0.15, -0.1) is 11.8 Å². The molecule has 0 aromatic heterocycles. The Morgan fingerprint density at radius 2 is 1.97 bits per heavy atom. The first kappa shape index (κ1) is 23.4. The number of likely N-dealkylation sites (tertiary alicyclic amines) is 2. The topological polar surface area (TPSA) is 133 Å². The van der Waals surface area contributed by atoms with Gasteiger partial charge in [-0.05, 0) is 36.8 Å². The second-order valence-corrected chi connectivity index (χ2v) is 9.69. The number of piperidine rings is 1. The zero-order valence-electron chi connectivity index (χ0n) is 18.3. The highest BCUT2D eigenvalue weighted by atomic mass is 32.2. The molecule has 4 aliphatic heterocycles. The van der Waals surface area contributed by atoms with E-state index in [9.17, 15) is 24.3 Å². The Labute approximate surface area is 196 Å². The maximum atomic E-state index is 13.0. The third kappa shape index (κ3) is 4.51. The van der Waals surface area contributed by atoms with Gasteiger partial charge in [0.2, 0.25) is 11.8 Å². The lowest BCUT2D eigenvalue weighted by Crippen LogP contribution is -2.68. The van der Waals surface area contributed by atoms with E-state index in [1.807, 2.05) is 0 Å². The molecule has 4 heterocycles. The van der Waals surface area contributed by atoms with Gasteiger partial charge in [0.05, 0.1) is 0 Å². The number of nitrogens with zero attached hydrogens (tertiary/aromatic N) is 3. The van der Waals surface area contributed by atoms with Crippen LogP contribution < -0.4 is 5.73 Å². The number of β-lactam (4-membered cyclic amide) rings is 1. The molecule has 0 bridgehead atoms. The summed E-state index contributed by atoms with van der Waals surface area (Å²) in [7, 11) is 0. The Morgan fingerprint density at radius 3 is 2.64 bits per heavy atom. The van der Waals surface area contributed by atoms with Gasteiger partial charge in [-0.2, -0.15) is 0 Å². The van der Waals surface area contributed by atoms with Crippen molar-refractivity contribution in [1.82, 2.24) is 14.7 Å². The molecule has 0 aromatic carbocycles. The smallest absolute Gasteiger partial charge is 0.410 e. The fraction of sp³-hybridized carbons (Fsp3) is 0.545. The van der Waals surface area contributed by atoms with Gasteiger partial charge in [0.25, 0.3) is 0 Å². The van der Waals surface area contributed by atoms with Crippen molar-refractivity contribution in [3.05, 3.63) is 35.6 Å². The van der Waals surface area contributed by atoms with E-state index in [4.69, 9.17) is 10.5 Å². The van der Waals surface area contributed by atoms with E-state index in [0.29, 0.717) is 49.5 Å². The van der Waals surface area contributed by atoms with Crippen LogP contribution in [0.2, 0.25) is 0 Å². The van der Waals surface area contributed by atoms with Crippen molar-refractivity contribution in [1.29, 1.82) is 0 Å². The number of allylic oxidation sites excluding steroid dienone is 1. The molecule has 3 amide bonds. The highest BCUT2D eigenvalue weighted by molar-refractivity contribution is 8.00. The normalized spacial score (nSPS) is 27.1. The lowest BCUT2D eigenvalue weighted by atomic mass is 9.96. The van der Waals surface area contributed by atoms with Crippen LogP contribution in [0.3, 0.4) is 0 Å². The van der Waals surface area contributed by atoms with Crippen LogP contribution in [-0.4, -0.2) is 93.6 Å². The Bertz CT molecular complexity index is 939. The first-order valence-corrected chi connectivity index (χ1v) is 12.1. The van der Waals surface area contributed by atoms with E-state index < -0.39 is 17.9 Å². The molecule has 10 nitrogen and oxygen atoms in total. The van der Waals surface area contributed by atoms with Crippen LogP contribution in [0.4, 0.5) is 4.79 Å². The average Bonchev–Trinajstić information content (AvgIpc) is 3.15. The minimum Gasteiger partial charge on any atom is -0.477 e. The molecule has 3 fully saturated rings. The number of carboxylic acids is 1. The molecule has 2 atom stereocenters. The number of hydrogen-bond acceptors (Lipinski definition) is 7. The Balaban J connectivity index is 1.37. The minimum atomic E-state index is -1.19. The van der Waals surface area contributed by atoms with E-state index >= 15 is 0 Å². The first-order chi connectivity index (χ1) is 15.8. The largest absolute Gasteiger partial charge is 0.477 e. The van der Waals surface area contributed by atoms with Gasteiger partial charge in [-0.25, -0.2) is 9.59 Å². The number of ether oxygens (including phenoxy) is 1. The van der Waals surface area contributed by atoms with Gasteiger partial charge >= 0.3 is 12.1 Å². The molecule has 33 heavy (non-hydrogen) atoms. The van der Waals surface area contributed by atoms with Crippen LogP contribution in [0, 0.1) is 5.92 Å². The van der Waals surface area contributed by atoms with Crippen molar-refractivity contribution in [2.24, 2.45) is 11.7 Å². The minimum absolute atomic E-state index is 0.0695. The summed E-state index contributed by atoms with van der Waals surface area (Å²) in [5, 5.41) is 9.32.